The van der Waals surface area contributed by atoms with E-state index in [4.69, 9.17) is 4.74 Å². The molecule has 0 unspecified atom stereocenters. The number of nitrogens with one attached hydrogen (secondary N) is 2. The molecule has 0 bridgehead atoms. The molecule has 122 valence electrons. The Kier molecular flexibility index (Phi) is 7.00. The van der Waals surface area contributed by atoms with Gasteiger partial charge in [0.2, 0.25) is 15.9 Å². The molecule has 2 N–H and O–H groups in total. The molecular formula is C14H20N2O5S. The summed E-state index contributed by atoms with van der Waals surface area (Å²) in [6.45, 7) is 3.35. The van der Waals surface area contributed by atoms with Crippen LogP contribution in [0.15, 0.2) is 35.2 Å². The maximum atomic E-state index is 11.9. The van der Waals surface area contributed by atoms with E-state index in [0.29, 0.717) is 0 Å². The molecule has 0 fully saturated rings. The number of carbonyl (C=O) groups excluding carboxylic acids is 2. The fraction of sp³-hybridized carbons (Fsp3) is 0.429. The molecule has 1 rings (SSSR count). The van der Waals surface area contributed by atoms with Gasteiger partial charge in [0.25, 0.3) is 0 Å². The lowest BCUT2D eigenvalue weighted by atomic mass is 10.3. The minimum Gasteiger partial charge on any atom is -0.464 e. The zero-order valence-electron chi connectivity index (χ0n) is 12.5. The topological polar surface area (TPSA) is 102 Å². The minimum atomic E-state index is -3.63. The predicted octanol–water partition coefficient (Wildman–Crippen LogP) is 0.423. The Morgan fingerprint density at radius 2 is 1.86 bits per heavy atom. The molecule has 0 spiro atoms. The van der Waals surface area contributed by atoms with E-state index in [1.54, 1.807) is 25.1 Å². The highest BCUT2D eigenvalue weighted by atomic mass is 32.2. The van der Waals surface area contributed by atoms with Gasteiger partial charge in [-0.15, -0.1) is 0 Å². The maximum absolute atomic E-state index is 11.9. The van der Waals surface area contributed by atoms with Gasteiger partial charge in [0, 0.05) is 13.0 Å². The van der Waals surface area contributed by atoms with Gasteiger partial charge in [-0.05, 0) is 26.0 Å². The summed E-state index contributed by atoms with van der Waals surface area (Å²) in [5.74, 6) is -0.961. The molecule has 1 atom stereocenters. The first-order valence-electron chi connectivity index (χ1n) is 6.87. The third kappa shape index (κ3) is 5.82. The highest BCUT2D eigenvalue weighted by molar-refractivity contribution is 7.89. The summed E-state index contributed by atoms with van der Waals surface area (Å²) in [4.78, 5) is 23.1. The first-order chi connectivity index (χ1) is 10.4. The van der Waals surface area contributed by atoms with Gasteiger partial charge in [0.1, 0.15) is 6.04 Å². The Morgan fingerprint density at radius 1 is 1.23 bits per heavy atom. The van der Waals surface area contributed by atoms with Crippen molar-refractivity contribution in [2.45, 2.75) is 31.2 Å². The molecule has 0 radical (unpaired) electrons. The van der Waals surface area contributed by atoms with Crippen molar-refractivity contribution in [1.82, 2.24) is 10.0 Å². The van der Waals surface area contributed by atoms with Crippen molar-refractivity contribution in [2.24, 2.45) is 0 Å². The van der Waals surface area contributed by atoms with Crippen molar-refractivity contribution in [3.05, 3.63) is 30.3 Å². The summed E-state index contributed by atoms with van der Waals surface area (Å²) in [5.41, 5.74) is 0. The van der Waals surface area contributed by atoms with E-state index in [1.807, 2.05) is 0 Å². The highest BCUT2D eigenvalue weighted by Crippen LogP contribution is 2.06. The fourth-order valence-corrected chi connectivity index (χ4v) is 2.67. The van der Waals surface area contributed by atoms with Crippen LogP contribution in [0.25, 0.3) is 0 Å². The summed E-state index contributed by atoms with van der Waals surface area (Å²) in [5, 5.41) is 2.44. The molecule has 0 saturated heterocycles. The first kappa shape index (κ1) is 18.1. The Morgan fingerprint density at radius 3 is 2.45 bits per heavy atom. The van der Waals surface area contributed by atoms with Gasteiger partial charge in [-0.3, -0.25) is 4.79 Å². The third-order valence-electron chi connectivity index (χ3n) is 2.72. The lowest BCUT2D eigenvalue weighted by Crippen LogP contribution is -2.40. The van der Waals surface area contributed by atoms with Crippen molar-refractivity contribution < 1.29 is 22.7 Å². The summed E-state index contributed by atoms with van der Waals surface area (Å²) >= 11 is 0. The van der Waals surface area contributed by atoms with Crippen molar-refractivity contribution >= 4 is 21.9 Å². The highest BCUT2D eigenvalue weighted by Gasteiger charge is 2.17. The quantitative estimate of drug-likeness (QED) is 0.674. The molecule has 0 heterocycles. The molecule has 0 aliphatic heterocycles. The summed E-state index contributed by atoms with van der Waals surface area (Å²) in [6.07, 6.45) is -0.0736. The third-order valence-corrected chi connectivity index (χ3v) is 4.19. The normalized spacial score (nSPS) is 12.5. The van der Waals surface area contributed by atoms with Crippen LogP contribution in [0.1, 0.15) is 20.3 Å². The zero-order chi connectivity index (χ0) is 16.6. The Balaban J connectivity index is 2.41. The molecular weight excluding hydrogens is 308 g/mol. The van der Waals surface area contributed by atoms with Gasteiger partial charge in [-0.2, -0.15) is 0 Å². The second-order valence-corrected chi connectivity index (χ2v) is 6.27. The van der Waals surface area contributed by atoms with Gasteiger partial charge in [-0.1, -0.05) is 18.2 Å². The van der Waals surface area contributed by atoms with Crippen LogP contribution in [0.5, 0.6) is 0 Å². The summed E-state index contributed by atoms with van der Waals surface area (Å²) in [6, 6.07) is 7.10. The van der Waals surface area contributed by atoms with Gasteiger partial charge in [-0.25, -0.2) is 17.9 Å². The molecule has 22 heavy (non-hydrogen) atoms. The van der Waals surface area contributed by atoms with Crippen LogP contribution in [0.4, 0.5) is 0 Å². The van der Waals surface area contributed by atoms with Crippen molar-refractivity contribution in [1.29, 1.82) is 0 Å². The average Bonchev–Trinajstić information content (AvgIpc) is 2.48. The van der Waals surface area contributed by atoms with Crippen LogP contribution in [-0.2, 0) is 24.3 Å². The zero-order valence-corrected chi connectivity index (χ0v) is 13.4. The van der Waals surface area contributed by atoms with E-state index in [2.05, 4.69) is 10.0 Å². The van der Waals surface area contributed by atoms with E-state index in [9.17, 15) is 18.0 Å². The van der Waals surface area contributed by atoms with Gasteiger partial charge >= 0.3 is 5.97 Å². The predicted molar refractivity (Wildman–Crippen MR) is 80.5 cm³/mol. The van der Waals surface area contributed by atoms with Crippen LogP contribution < -0.4 is 10.0 Å². The average molecular weight is 328 g/mol. The second-order valence-electron chi connectivity index (χ2n) is 4.50. The minimum absolute atomic E-state index is 0.0569. The number of ether oxygens (including phenoxy) is 1. The second kappa shape index (κ2) is 8.50. The lowest BCUT2D eigenvalue weighted by molar-refractivity contribution is -0.146. The standard InChI is InChI=1S/C14H20N2O5S/c1-3-21-14(18)11(2)16-13(17)9-10-15-22(19,20)12-7-5-4-6-8-12/h4-8,11,15H,3,9-10H2,1-2H3,(H,16,17)/t11-/m0/s1. The number of hydrogen-bond donors (Lipinski definition) is 2. The fourth-order valence-electron chi connectivity index (χ4n) is 1.62. The number of carbonyl (C=O) groups is 2. The van der Waals surface area contributed by atoms with E-state index < -0.39 is 27.9 Å². The molecule has 1 aromatic carbocycles. The molecule has 8 heteroatoms. The van der Waals surface area contributed by atoms with Gasteiger partial charge < -0.3 is 10.1 Å². The number of esters is 1. The Labute approximate surface area is 130 Å². The Hall–Kier alpha value is -1.93. The van der Waals surface area contributed by atoms with E-state index >= 15 is 0 Å². The lowest BCUT2D eigenvalue weighted by Gasteiger charge is -2.12. The van der Waals surface area contributed by atoms with Crippen LogP contribution in [0.3, 0.4) is 0 Å². The summed E-state index contributed by atoms with van der Waals surface area (Å²) < 4.78 is 30.9. The van der Waals surface area contributed by atoms with E-state index in [0.717, 1.165) is 0 Å². The van der Waals surface area contributed by atoms with Crippen LogP contribution in [0, 0.1) is 0 Å². The molecule has 0 aliphatic rings. The molecule has 0 aromatic heterocycles. The number of amides is 1. The first-order valence-corrected chi connectivity index (χ1v) is 8.36. The molecule has 1 amide bonds. The number of benzene rings is 1. The molecule has 1 aromatic rings. The van der Waals surface area contributed by atoms with Crippen molar-refractivity contribution in [2.75, 3.05) is 13.2 Å². The van der Waals surface area contributed by atoms with Crippen molar-refractivity contribution in [3.8, 4) is 0 Å². The van der Waals surface area contributed by atoms with E-state index in [-0.39, 0.29) is 24.5 Å². The smallest absolute Gasteiger partial charge is 0.328 e. The monoisotopic (exact) mass is 328 g/mol. The molecule has 7 nitrogen and oxygen atoms in total. The SMILES string of the molecule is CCOC(=O)[C@H](C)NC(=O)CCNS(=O)(=O)c1ccccc1. The van der Waals surface area contributed by atoms with E-state index in [1.165, 1.54) is 19.1 Å². The molecule has 0 saturated carbocycles. The largest absolute Gasteiger partial charge is 0.464 e. The maximum Gasteiger partial charge on any atom is 0.328 e. The Bertz CT molecular complexity index is 601. The number of rotatable bonds is 8. The number of hydrogen-bond acceptors (Lipinski definition) is 5. The summed E-state index contributed by atoms with van der Waals surface area (Å²) in [7, 11) is -3.63. The van der Waals surface area contributed by atoms with Crippen LogP contribution >= 0.6 is 0 Å². The van der Waals surface area contributed by atoms with Gasteiger partial charge in [0.05, 0.1) is 11.5 Å². The molecule has 0 aliphatic carbocycles. The van der Waals surface area contributed by atoms with Gasteiger partial charge in [0.15, 0.2) is 0 Å². The number of sulfonamides is 1. The van der Waals surface area contributed by atoms with Crippen LogP contribution in [0.2, 0.25) is 0 Å². The van der Waals surface area contributed by atoms with Crippen LogP contribution in [-0.4, -0.2) is 39.5 Å². The van der Waals surface area contributed by atoms with Crippen molar-refractivity contribution in [3.63, 3.8) is 0 Å².